The van der Waals surface area contributed by atoms with Crippen LogP contribution in [0.15, 0.2) is 48.8 Å². The lowest BCUT2D eigenvalue weighted by atomic mass is 9.86. The molecule has 0 radical (unpaired) electrons. The number of carbonyl (C=O) groups is 2. The van der Waals surface area contributed by atoms with E-state index in [0.717, 1.165) is 38.8 Å². The Morgan fingerprint density at radius 2 is 1.76 bits per heavy atom. The fourth-order valence-electron chi connectivity index (χ4n) is 4.28. The summed E-state index contributed by atoms with van der Waals surface area (Å²) in [4.78, 5) is 27.8. The first-order valence-electron chi connectivity index (χ1n) is 10.1. The summed E-state index contributed by atoms with van der Waals surface area (Å²) < 4.78 is 1.85. The van der Waals surface area contributed by atoms with Crippen molar-refractivity contribution in [2.24, 2.45) is 0 Å². The molecular weight excluding hydrogens is 390 g/mol. The van der Waals surface area contributed by atoms with Crippen molar-refractivity contribution in [3.8, 4) is 0 Å². The third-order valence-corrected chi connectivity index (χ3v) is 5.93. The molecule has 0 bridgehead atoms. The summed E-state index contributed by atoms with van der Waals surface area (Å²) in [5.74, 6) is 0.113. The normalized spacial score (nSPS) is 19.2. The van der Waals surface area contributed by atoms with Crippen LogP contribution in [0.4, 0.5) is 0 Å². The zero-order chi connectivity index (χ0) is 19.4. The molecule has 0 spiro atoms. The monoisotopic (exact) mass is 417 g/mol. The average molecular weight is 418 g/mol. The zero-order valence-electron chi connectivity index (χ0n) is 16.4. The first kappa shape index (κ1) is 21.3. The smallest absolute Gasteiger partial charge is 0.251 e. The fourth-order valence-corrected chi connectivity index (χ4v) is 4.28. The molecule has 8 heteroatoms. The third kappa shape index (κ3) is 4.46. The molecule has 0 unspecified atom stereocenters. The van der Waals surface area contributed by atoms with Gasteiger partial charge in [-0.3, -0.25) is 14.3 Å². The van der Waals surface area contributed by atoms with Crippen LogP contribution in [0.2, 0.25) is 0 Å². The molecule has 2 amide bonds. The lowest BCUT2D eigenvalue weighted by Crippen LogP contribution is -2.58. The predicted octanol–water partition coefficient (Wildman–Crippen LogP) is 1.80. The number of hydrogen-bond acceptors (Lipinski definition) is 4. The van der Waals surface area contributed by atoms with Crippen molar-refractivity contribution in [2.75, 3.05) is 26.2 Å². The minimum atomic E-state index is -0.588. The van der Waals surface area contributed by atoms with Crippen molar-refractivity contribution in [1.82, 2.24) is 25.3 Å². The molecule has 2 aliphatic rings. The van der Waals surface area contributed by atoms with E-state index in [0.29, 0.717) is 18.7 Å². The second-order valence-corrected chi connectivity index (χ2v) is 7.64. The maximum atomic E-state index is 13.5. The molecule has 0 atom stereocenters. The maximum absolute atomic E-state index is 13.5. The first-order valence-corrected chi connectivity index (χ1v) is 10.1. The Morgan fingerprint density at radius 1 is 1.07 bits per heavy atom. The summed E-state index contributed by atoms with van der Waals surface area (Å²) in [7, 11) is 0. The molecule has 3 heterocycles. The van der Waals surface area contributed by atoms with Crippen LogP contribution in [0, 0.1) is 0 Å². The van der Waals surface area contributed by atoms with Gasteiger partial charge in [0.15, 0.2) is 0 Å². The van der Waals surface area contributed by atoms with E-state index in [1.54, 1.807) is 6.20 Å². The number of aromatic nitrogens is 2. The highest BCUT2D eigenvalue weighted by atomic mass is 35.5. The van der Waals surface area contributed by atoms with Crippen LogP contribution < -0.4 is 10.6 Å². The van der Waals surface area contributed by atoms with Crippen LogP contribution in [0.1, 0.15) is 36.0 Å². The number of benzene rings is 1. The Labute approximate surface area is 177 Å². The Balaban J connectivity index is 0.00000240. The molecule has 4 rings (SSSR count). The number of carbonyl (C=O) groups excluding carboxylic acids is 2. The molecule has 2 aromatic rings. The molecule has 1 aromatic heterocycles. The molecule has 2 fully saturated rings. The lowest BCUT2D eigenvalue weighted by molar-refractivity contribution is -0.144. The Kier molecular flexibility index (Phi) is 6.92. The number of amides is 2. The van der Waals surface area contributed by atoms with Gasteiger partial charge in [-0.15, -0.1) is 12.4 Å². The molecular formula is C21H28ClN5O2. The van der Waals surface area contributed by atoms with Gasteiger partial charge in [0.1, 0.15) is 5.54 Å². The topological polar surface area (TPSA) is 79.3 Å². The van der Waals surface area contributed by atoms with Crippen LogP contribution in [0.3, 0.4) is 0 Å². The van der Waals surface area contributed by atoms with Crippen LogP contribution in [0.25, 0.3) is 0 Å². The van der Waals surface area contributed by atoms with Crippen LogP contribution in [-0.2, 0) is 10.3 Å². The van der Waals surface area contributed by atoms with Gasteiger partial charge in [0.2, 0.25) is 0 Å². The lowest BCUT2D eigenvalue weighted by Gasteiger charge is -2.42. The highest BCUT2D eigenvalue weighted by Gasteiger charge is 2.45. The number of nitrogens with one attached hydrogen (secondary N) is 2. The van der Waals surface area contributed by atoms with Crippen LogP contribution >= 0.6 is 12.4 Å². The second kappa shape index (κ2) is 9.41. The summed E-state index contributed by atoms with van der Waals surface area (Å²) >= 11 is 0. The number of nitrogens with zero attached hydrogens (tertiary/aromatic N) is 3. The van der Waals surface area contributed by atoms with Gasteiger partial charge < -0.3 is 15.5 Å². The molecule has 1 aromatic carbocycles. The van der Waals surface area contributed by atoms with E-state index in [1.165, 1.54) is 0 Å². The summed E-state index contributed by atoms with van der Waals surface area (Å²) in [5.41, 5.74) is 0.0860. The number of halogens is 1. The van der Waals surface area contributed by atoms with Gasteiger partial charge in [-0.05, 0) is 57.0 Å². The minimum absolute atomic E-state index is 0. The van der Waals surface area contributed by atoms with E-state index >= 15 is 0 Å². The van der Waals surface area contributed by atoms with Gasteiger partial charge in [-0.25, -0.2) is 0 Å². The SMILES string of the molecule is Cl.O=C(NC1CCN(C(=O)C2(n3cccn3)CCNCC2)CC1)c1ccccc1. The van der Waals surface area contributed by atoms with E-state index in [1.807, 2.05) is 52.2 Å². The number of hydrogen-bond donors (Lipinski definition) is 2. The Hall–Kier alpha value is -2.38. The van der Waals surface area contributed by atoms with E-state index in [-0.39, 0.29) is 30.3 Å². The minimum Gasteiger partial charge on any atom is -0.349 e. The summed E-state index contributed by atoms with van der Waals surface area (Å²) in [6.45, 7) is 2.95. The zero-order valence-corrected chi connectivity index (χ0v) is 17.2. The first-order chi connectivity index (χ1) is 13.7. The molecule has 2 saturated heterocycles. The number of likely N-dealkylation sites (tertiary alicyclic amines) is 1. The van der Waals surface area contributed by atoms with Crippen LogP contribution in [-0.4, -0.2) is 58.7 Å². The van der Waals surface area contributed by atoms with Crippen molar-refractivity contribution in [1.29, 1.82) is 0 Å². The third-order valence-electron chi connectivity index (χ3n) is 5.93. The summed E-state index contributed by atoms with van der Waals surface area (Å²) in [5, 5.41) is 10.9. The molecule has 2 aliphatic heterocycles. The van der Waals surface area contributed by atoms with Gasteiger partial charge in [0, 0.05) is 37.1 Å². The van der Waals surface area contributed by atoms with Crippen molar-refractivity contribution >= 4 is 24.2 Å². The fraction of sp³-hybridized carbons (Fsp3) is 0.476. The van der Waals surface area contributed by atoms with Crippen molar-refractivity contribution in [2.45, 2.75) is 37.3 Å². The quantitative estimate of drug-likeness (QED) is 0.795. The van der Waals surface area contributed by atoms with Gasteiger partial charge in [-0.1, -0.05) is 18.2 Å². The highest BCUT2D eigenvalue weighted by Crippen LogP contribution is 2.30. The van der Waals surface area contributed by atoms with E-state index in [9.17, 15) is 9.59 Å². The Morgan fingerprint density at radius 3 is 2.38 bits per heavy atom. The highest BCUT2D eigenvalue weighted by molar-refractivity contribution is 5.94. The summed E-state index contributed by atoms with van der Waals surface area (Å²) in [6, 6.07) is 11.2. The van der Waals surface area contributed by atoms with Crippen molar-refractivity contribution < 1.29 is 9.59 Å². The van der Waals surface area contributed by atoms with Gasteiger partial charge >= 0.3 is 0 Å². The van der Waals surface area contributed by atoms with Gasteiger partial charge in [0.25, 0.3) is 11.8 Å². The molecule has 2 N–H and O–H groups in total. The summed E-state index contributed by atoms with van der Waals surface area (Å²) in [6.07, 6.45) is 6.68. The van der Waals surface area contributed by atoms with Gasteiger partial charge in [0.05, 0.1) is 0 Å². The van der Waals surface area contributed by atoms with Crippen molar-refractivity contribution in [3.63, 3.8) is 0 Å². The number of rotatable bonds is 4. The van der Waals surface area contributed by atoms with E-state index < -0.39 is 5.54 Å². The largest absolute Gasteiger partial charge is 0.349 e. The molecule has 7 nitrogen and oxygen atoms in total. The predicted molar refractivity (Wildman–Crippen MR) is 113 cm³/mol. The van der Waals surface area contributed by atoms with Crippen LogP contribution in [0.5, 0.6) is 0 Å². The van der Waals surface area contributed by atoms with E-state index in [2.05, 4.69) is 15.7 Å². The second-order valence-electron chi connectivity index (χ2n) is 7.64. The molecule has 29 heavy (non-hydrogen) atoms. The molecule has 0 saturated carbocycles. The molecule has 0 aliphatic carbocycles. The van der Waals surface area contributed by atoms with Gasteiger partial charge in [-0.2, -0.15) is 5.10 Å². The Bertz CT molecular complexity index is 798. The van der Waals surface area contributed by atoms with E-state index in [4.69, 9.17) is 0 Å². The van der Waals surface area contributed by atoms with Crippen molar-refractivity contribution in [3.05, 3.63) is 54.4 Å². The average Bonchev–Trinajstić information content (AvgIpc) is 3.30. The molecule has 156 valence electrons. The number of piperidine rings is 2. The maximum Gasteiger partial charge on any atom is 0.251 e. The standard InChI is InChI=1S/C21H27N5O2.ClH/c27-19(17-5-2-1-3-6-17)24-18-7-15-25(16-8-18)20(28)21(9-12-22-13-10-21)26-14-4-11-23-26;/h1-6,11,14,18,22H,7-10,12-13,15-16H2,(H,24,27);1H.